The Bertz CT molecular complexity index is 1460. The van der Waals surface area contributed by atoms with E-state index in [-0.39, 0.29) is 31.1 Å². The second kappa shape index (κ2) is 58.6. The van der Waals surface area contributed by atoms with Crippen LogP contribution in [0.3, 0.4) is 0 Å². The highest BCUT2D eigenvalue weighted by Gasteiger charge is 2.19. The van der Waals surface area contributed by atoms with Gasteiger partial charge in [-0.3, -0.25) is 14.4 Å². The third-order valence-corrected chi connectivity index (χ3v) is 12.3. The Hall–Kier alpha value is -3.93. The molecule has 0 aromatic rings. The van der Waals surface area contributed by atoms with Gasteiger partial charge in [0.2, 0.25) is 0 Å². The number of allylic oxidation sites excluding steroid dienone is 18. The Kier molecular flexibility index (Phi) is 55.4. The molecule has 1 atom stereocenters. The summed E-state index contributed by atoms with van der Waals surface area (Å²) in [6.07, 6.45) is 79.4. The van der Waals surface area contributed by atoms with Crippen LogP contribution in [0.15, 0.2) is 109 Å². The van der Waals surface area contributed by atoms with Crippen molar-refractivity contribution in [1.29, 1.82) is 0 Å². The number of hydrogen-bond acceptors (Lipinski definition) is 6. The minimum atomic E-state index is -0.804. The van der Waals surface area contributed by atoms with Crippen LogP contribution < -0.4 is 0 Å². The molecule has 0 aliphatic heterocycles. The normalized spacial score (nSPS) is 12.9. The predicted molar refractivity (Wildman–Crippen MR) is 307 cm³/mol. The zero-order valence-corrected chi connectivity index (χ0v) is 46.2. The van der Waals surface area contributed by atoms with Crippen molar-refractivity contribution >= 4 is 17.9 Å². The molecule has 6 nitrogen and oxygen atoms in total. The number of ether oxygens (including phenoxy) is 3. The summed E-state index contributed by atoms with van der Waals surface area (Å²) in [6, 6.07) is 0. The van der Waals surface area contributed by atoms with Gasteiger partial charge in [0.25, 0.3) is 0 Å². The Balaban J connectivity index is 4.48. The zero-order chi connectivity index (χ0) is 51.4. The molecule has 0 aliphatic carbocycles. The molecule has 1 unspecified atom stereocenters. The minimum Gasteiger partial charge on any atom is -0.462 e. The van der Waals surface area contributed by atoms with Crippen molar-refractivity contribution in [2.75, 3.05) is 13.2 Å². The van der Waals surface area contributed by atoms with Crippen LogP contribution in [0.25, 0.3) is 0 Å². The van der Waals surface area contributed by atoms with Gasteiger partial charge in [-0.05, 0) is 103 Å². The maximum atomic E-state index is 12.9. The molecule has 0 heterocycles. The van der Waals surface area contributed by atoms with Crippen molar-refractivity contribution in [3.05, 3.63) is 109 Å². The van der Waals surface area contributed by atoms with Gasteiger partial charge in [-0.25, -0.2) is 0 Å². The van der Waals surface area contributed by atoms with E-state index in [9.17, 15) is 14.4 Å². The summed E-state index contributed by atoms with van der Waals surface area (Å²) in [6.45, 7) is 6.38. The summed E-state index contributed by atoms with van der Waals surface area (Å²) in [4.78, 5) is 38.2. The van der Waals surface area contributed by atoms with Gasteiger partial charge in [-0.2, -0.15) is 0 Å². The Morgan fingerprint density at radius 3 is 0.887 bits per heavy atom. The van der Waals surface area contributed by atoms with E-state index in [4.69, 9.17) is 14.2 Å². The van der Waals surface area contributed by atoms with Gasteiger partial charge in [0, 0.05) is 19.3 Å². The third-order valence-electron chi connectivity index (χ3n) is 12.3. The fourth-order valence-corrected chi connectivity index (χ4v) is 7.93. The molecule has 404 valence electrons. The molecule has 6 heteroatoms. The molecule has 0 aliphatic rings. The average molecular weight is 986 g/mol. The standard InChI is InChI=1S/C65H108O6/c1-4-7-10-13-16-19-22-25-28-30-31-32-33-35-37-40-43-46-49-52-55-58-64(67)70-61-62(60-69-63(66)57-54-51-48-45-42-39-36-27-24-21-18-15-12-9-6-3)71-65(68)59-56-53-50-47-44-41-38-34-29-26-23-20-17-14-11-8-5-2/h7,9-10,12,16,18-19,21,25,27-28,31-32,35-37,43,46,62H,4-6,8,11,13-15,17,20,22-24,26,29-30,33-34,38-42,44-45,47-61H2,1-3H3/b10-7-,12-9-,19-16-,21-18-,28-25-,32-31-,36-27-,37-35-,46-43-. The van der Waals surface area contributed by atoms with Gasteiger partial charge in [0.05, 0.1) is 0 Å². The van der Waals surface area contributed by atoms with Gasteiger partial charge in [-0.15, -0.1) is 0 Å². The number of rotatable bonds is 52. The summed E-state index contributed by atoms with van der Waals surface area (Å²) >= 11 is 0. The Labute approximate surface area is 438 Å². The smallest absolute Gasteiger partial charge is 0.306 e. The second-order valence-electron chi connectivity index (χ2n) is 19.1. The molecular weight excluding hydrogens is 877 g/mol. The van der Waals surface area contributed by atoms with E-state index in [1.165, 1.54) is 89.9 Å². The van der Waals surface area contributed by atoms with Crippen LogP contribution in [0.2, 0.25) is 0 Å². The molecule has 0 radical (unpaired) electrons. The molecular formula is C65H108O6. The SMILES string of the molecule is CC/C=C\C/C=C\C/C=C\C/C=C\C/C=C\C/C=C\CCCCC(=O)OCC(COC(=O)CCCCCCC/C=C\C/C=C\C/C=C\CC)OC(=O)CCCCCCCCCCCCCCCCCCC. The number of unbranched alkanes of at least 4 members (excludes halogenated alkanes) is 23. The van der Waals surface area contributed by atoms with Crippen LogP contribution in [0, 0.1) is 0 Å². The Morgan fingerprint density at radius 2 is 0.549 bits per heavy atom. The van der Waals surface area contributed by atoms with E-state index in [2.05, 4.69) is 130 Å². The number of hydrogen-bond donors (Lipinski definition) is 0. The lowest BCUT2D eigenvalue weighted by molar-refractivity contribution is -0.167. The van der Waals surface area contributed by atoms with Crippen LogP contribution in [0.4, 0.5) is 0 Å². The first-order valence-corrected chi connectivity index (χ1v) is 29.4. The fourth-order valence-electron chi connectivity index (χ4n) is 7.93. The summed E-state index contributed by atoms with van der Waals surface area (Å²) < 4.78 is 16.8. The minimum absolute atomic E-state index is 0.101. The first kappa shape index (κ1) is 67.1. The van der Waals surface area contributed by atoms with Crippen molar-refractivity contribution in [2.45, 2.75) is 271 Å². The molecule has 0 saturated heterocycles. The third kappa shape index (κ3) is 56.9. The fraction of sp³-hybridized carbons (Fsp3) is 0.677. The van der Waals surface area contributed by atoms with E-state index < -0.39 is 6.10 Å². The maximum absolute atomic E-state index is 12.9. The van der Waals surface area contributed by atoms with Crippen LogP contribution >= 0.6 is 0 Å². The monoisotopic (exact) mass is 985 g/mol. The lowest BCUT2D eigenvalue weighted by atomic mass is 10.0. The molecule has 0 fully saturated rings. The van der Waals surface area contributed by atoms with E-state index in [1.807, 2.05) is 0 Å². The highest BCUT2D eigenvalue weighted by molar-refractivity contribution is 5.71. The van der Waals surface area contributed by atoms with Crippen molar-refractivity contribution < 1.29 is 28.6 Å². The van der Waals surface area contributed by atoms with Crippen molar-refractivity contribution in [2.24, 2.45) is 0 Å². The molecule has 0 aromatic heterocycles. The molecule has 0 N–H and O–H groups in total. The molecule has 0 amide bonds. The summed E-state index contributed by atoms with van der Waals surface area (Å²) in [5.74, 6) is -0.956. The first-order chi connectivity index (χ1) is 35.0. The molecule has 71 heavy (non-hydrogen) atoms. The molecule has 0 rings (SSSR count). The molecule has 0 bridgehead atoms. The van der Waals surface area contributed by atoms with E-state index in [0.29, 0.717) is 19.3 Å². The van der Waals surface area contributed by atoms with Gasteiger partial charge in [0.1, 0.15) is 13.2 Å². The van der Waals surface area contributed by atoms with E-state index >= 15 is 0 Å². The van der Waals surface area contributed by atoms with Gasteiger partial charge >= 0.3 is 17.9 Å². The lowest BCUT2D eigenvalue weighted by Gasteiger charge is -2.18. The average Bonchev–Trinajstić information content (AvgIpc) is 3.37. The maximum Gasteiger partial charge on any atom is 0.306 e. The van der Waals surface area contributed by atoms with Crippen LogP contribution in [-0.4, -0.2) is 37.2 Å². The largest absolute Gasteiger partial charge is 0.462 e. The lowest BCUT2D eigenvalue weighted by Crippen LogP contribution is -2.30. The van der Waals surface area contributed by atoms with Gasteiger partial charge in [-0.1, -0.05) is 252 Å². The quantitative estimate of drug-likeness (QED) is 0.0261. The summed E-state index contributed by atoms with van der Waals surface area (Å²) in [7, 11) is 0. The first-order valence-electron chi connectivity index (χ1n) is 29.4. The summed E-state index contributed by atoms with van der Waals surface area (Å²) in [5.41, 5.74) is 0. The topological polar surface area (TPSA) is 78.9 Å². The summed E-state index contributed by atoms with van der Waals surface area (Å²) in [5, 5.41) is 0. The Morgan fingerprint density at radius 1 is 0.296 bits per heavy atom. The number of carbonyl (C=O) groups excluding carboxylic acids is 3. The number of esters is 3. The zero-order valence-electron chi connectivity index (χ0n) is 46.2. The van der Waals surface area contributed by atoms with Crippen molar-refractivity contribution in [3.63, 3.8) is 0 Å². The van der Waals surface area contributed by atoms with E-state index in [1.54, 1.807) is 0 Å². The van der Waals surface area contributed by atoms with Crippen LogP contribution in [-0.2, 0) is 28.6 Å². The highest BCUT2D eigenvalue weighted by atomic mass is 16.6. The van der Waals surface area contributed by atoms with Crippen molar-refractivity contribution in [1.82, 2.24) is 0 Å². The van der Waals surface area contributed by atoms with Crippen LogP contribution in [0.1, 0.15) is 265 Å². The number of carbonyl (C=O) groups is 3. The van der Waals surface area contributed by atoms with E-state index in [0.717, 1.165) is 135 Å². The molecule has 0 spiro atoms. The molecule has 0 aromatic carbocycles. The van der Waals surface area contributed by atoms with Gasteiger partial charge < -0.3 is 14.2 Å². The molecule has 0 saturated carbocycles. The van der Waals surface area contributed by atoms with Crippen molar-refractivity contribution in [3.8, 4) is 0 Å². The van der Waals surface area contributed by atoms with Crippen LogP contribution in [0.5, 0.6) is 0 Å². The van der Waals surface area contributed by atoms with Gasteiger partial charge in [0.15, 0.2) is 6.10 Å². The predicted octanol–water partition coefficient (Wildman–Crippen LogP) is 19.9. The highest BCUT2D eigenvalue weighted by Crippen LogP contribution is 2.16. The second-order valence-corrected chi connectivity index (χ2v) is 19.1.